The molecule has 2 heterocycles. The highest BCUT2D eigenvalue weighted by molar-refractivity contribution is 7.84. The second-order valence-electron chi connectivity index (χ2n) is 15.4. The monoisotopic (exact) mass is 754 g/mol. The molecular formula is C42H63ClN4O4S. The van der Waals surface area contributed by atoms with Crippen LogP contribution >= 0.6 is 11.6 Å². The van der Waals surface area contributed by atoms with Gasteiger partial charge in [0.2, 0.25) is 0 Å². The van der Waals surface area contributed by atoms with Crippen molar-refractivity contribution in [1.82, 2.24) is 14.5 Å². The number of aryl methyl sites for hydroxylation is 1. The van der Waals surface area contributed by atoms with Crippen LogP contribution in [0.2, 0.25) is 5.02 Å². The number of anilines is 1. The summed E-state index contributed by atoms with van der Waals surface area (Å²) in [6.07, 6.45) is 14.6. The van der Waals surface area contributed by atoms with E-state index in [1.54, 1.807) is 6.07 Å². The highest BCUT2D eigenvalue weighted by Crippen LogP contribution is 2.44. The number of piperazine rings is 1. The maximum Gasteiger partial charge on any atom is 0.263 e. The zero-order valence-electron chi connectivity index (χ0n) is 32.2. The van der Waals surface area contributed by atoms with Crippen LogP contribution in [-0.2, 0) is 17.4 Å². The summed E-state index contributed by atoms with van der Waals surface area (Å²) in [4.78, 5) is 21.2. The first kappa shape index (κ1) is 40.7. The van der Waals surface area contributed by atoms with Crippen LogP contribution in [0, 0.1) is 17.8 Å². The average molecular weight is 756 g/mol. The Bertz CT molecular complexity index is 1510. The first-order valence-electron chi connectivity index (χ1n) is 19.8. The number of nitrogens with zero attached hydrogens (tertiary/aromatic N) is 3. The van der Waals surface area contributed by atoms with Crippen LogP contribution in [0.1, 0.15) is 100 Å². The summed E-state index contributed by atoms with van der Waals surface area (Å²) in [6.45, 7) is 16.3. The molecule has 288 valence electrons. The number of carbonyl (C=O) groups excluding carboxylic acids is 1. The Hall–Kier alpha value is -2.43. The third-order valence-corrected chi connectivity index (χ3v) is 13.2. The Labute approximate surface area is 320 Å². The molecule has 8 nitrogen and oxygen atoms in total. The van der Waals surface area contributed by atoms with Gasteiger partial charge in [-0.3, -0.25) is 14.4 Å². The lowest BCUT2D eigenvalue weighted by Gasteiger charge is -2.47. The summed E-state index contributed by atoms with van der Waals surface area (Å²) in [5.74, 6) is 2.37. The van der Waals surface area contributed by atoms with Gasteiger partial charge in [0, 0.05) is 80.7 Å². The molecule has 1 saturated heterocycles. The number of hydrogen-bond donors (Lipinski definition) is 2. The number of ether oxygens (including phenoxy) is 1. The van der Waals surface area contributed by atoms with Gasteiger partial charge < -0.3 is 19.6 Å². The van der Waals surface area contributed by atoms with Gasteiger partial charge in [0.25, 0.3) is 5.91 Å². The molecule has 5 atom stereocenters. The zero-order valence-corrected chi connectivity index (χ0v) is 33.8. The van der Waals surface area contributed by atoms with E-state index < -0.39 is 11.0 Å². The van der Waals surface area contributed by atoms with Gasteiger partial charge in [-0.05, 0) is 112 Å². The van der Waals surface area contributed by atoms with Crippen molar-refractivity contribution in [3.63, 3.8) is 0 Å². The fourth-order valence-electron chi connectivity index (χ4n) is 8.40. The van der Waals surface area contributed by atoms with Gasteiger partial charge in [0.05, 0.1) is 12.3 Å². The van der Waals surface area contributed by atoms with E-state index in [4.69, 9.17) is 21.4 Å². The van der Waals surface area contributed by atoms with Crippen molar-refractivity contribution in [3.05, 3.63) is 70.3 Å². The molecular weight excluding hydrogens is 692 g/mol. The topological polar surface area (TPSA) is 85.4 Å². The summed E-state index contributed by atoms with van der Waals surface area (Å²) in [6, 6.07) is 12.9. The van der Waals surface area contributed by atoms with Crippen LogP contribution in [0.3, 0.4) is 0 Å². The number of allylic oxidation sites excluding steroid dienone is 1. The Balaban J connectivity index is 0.00000257. The summed E-state index contributed by atoms with van der Waals surface area (Å²) in [5, 5.41) is 7.61. The van der Waals surface area contributed by atoms with Crippen LogP contribution in [0.25, 0.3) is 0 Å². The van der Waals surface area contributed by atoms with Crippen LogP contribution in [0.4, 0.5) is 5.69 Å². The van der Waals surface area contributed by atoms with Crippen LogP contribution in [-0.4, -0.2) is 95.8 Å². The molecule has 0 spiro atoms. The molecule has 52 heavy (non-hydrogen) atoms. The van der Waals surface area contributed by atoms with E-state index in [-0.39, 0.29) is 17.1 Å². The van der Waals surface area contributed by atoms with Gasteiger partial charge >= 0.3 is 0 Å². The molecule has 5 unspecified atom stereocenters. The Morgan fingerprint density at radius 3 is 2.46 bits per heavy atom. The fraction of sp³-hybridized carbons (Fsp3) is 0.643. The minimum Gasteiger partial charge on any atom is -0.491 e. The van der Waals surface area contributed by atoms with Gasteiger partial charge in [-0.15, -0.1) is 0 Å². The minimum absolute atomic E-state index is 0.158. The molecule has 0 radical (unpaired) electrons. The highest BCUT2D eigenvalue weighted by Gasteiger charge is 2.39. The van der Waals surface area contributed by atoms with Gasteiger partial charge in [0.15, 0.2) is 0 Å². The number of halogens is 1. The van der Waals surface area contributed by atoms with E-state index in [0.717, 1.165) is 68.5 Å². The number of aliphatic hydroxyl groups is 1. The molecule has 0 aromatic heterocycles. The summed E-state index contributed by atoms with van der Waals surface area (Å²) >= 11 is 6.49. The number of fused-ring (bicyclic) bond motifs is 1. The maximum atomic E-state index is 13.3. The molecule has 2 aromatic carbocycles. The number of carbonyl (C=O) groups is 1. The first-order valence-corrected chi connectivity index (χ1v) is 21.4. The molecule has 2 aliphatic carbocycles. The second-order valence-corrected chi connectivity index (χ2v) is 17.6. The normalized spacial score (nSPS) is 23.8. The van der Waals surface area contributed by atoms with Crippen molar-refractivity contribution in [1.29, 1.82) is 0 Å². The number of hydrogen-bond acceptors (Lipinski definition) is 7. The minimum atomic E-state index is -1.44. The van der Waals surface area contributed by atoms with Crippen LogP contribution in [0.15, 0.2) is 48.6 Å². The van der Waals surface area contributed by atoms with Crippen molar-refractivity contribution in [3.8, 4) is 5.75 Å². The number of benzene rings is 2. The van der Waals surface area contributed by atoms with Gasteiger partial charge in [-0.25, -0.2) is 4.21 Å². The molecule has 2 N–H and O–H groups in total. The fourth-order valence-corrected chi connectivity index (χ4v) is 9.13. The van der Waals surface area contributed by atoms with Crippen molar-refractivity contribution >= 4 is 34.2 Å². The van der Waals surface area contributed by atoms with E-state index in [2.05, 4.69) is 57.6 Å². The lowest BCUT2D eigenvalue weighted by Crippen LogP contribution is -2.53. The maximum absolute atomic E-state index is 13.3. The molecule has 2 saturated carbocycles. The number of aliphatic hydroxyl groups excluding tert-OH is 1. The average Bonchev–Trinajstić information content (AvgIpc) is 3.29. The Kier molecular flexibility index (Phi) is 15.5. The molecule has 3 fully saturated rings. The van der Waals surface area contributed by atoms with Crippen molar-refractivity contribution in [2.45, 2.75) is 96.3 Å². The van der Waals surface area contributed by atoms with Crippen molar-refractivity contribution in [2.75, 3.05) is 64.4 Å². The SMILES string of the molecule is CC/C=C/C(CN1CCN(C2CCC2)CC1)C1CCC1CN1CC(c2ccc(Cl)cc2CCC)COc2ccc(C(=O)NS(=O)C(C)C)cc21.CO. The highest BCUT2D eigenvalue weighted by atomic mass is 35.5. The van der Waals surface area contributed by atoms with Crippen molar-refractivity contribution in [2.24, 2.45) is 17.8 Å². The molecule has 2 aromatic rings. The molecule has 4 aliphatic rings. The van der Waals surface area contributed by atoms with E-state index >= 15 is 0 Å². The summed E-state index contributed by atoms with van der Waals surface area (Å²) in [5.41, 5.74) is 4.06. The third kappa shape index (κ3) is 10.2. The molecule has 2 aliphatic heterocycles. The molecule has 10 heteroatoms. The van der Waals surface area contributed by atoms with E-state index in [1.807, 2.05) is 32.0 Å². The van der Waals surface area contributed by atoms with Crippen molar-refractivity contribution < 1.29 is 18.8 Å². The second kappa shape index (κ2) is 19.8. The van der Waals surface area contributed by atoms with E-state index in [1.165, 1.54) is 69.4 Å². The molecule has 1 amide bonds. The summed E-state index contributed by atoms with van der Waals surface area (Å²) in [7, 11) is -0.442. The largest absolute Gasteiger partial charge is 0.491 e. The lowest BCUT2D eigenvalue weighted by molar-refractivity contribution is 0.0411. The predicted molar refractivity (Wildman–Crippen MR) is 216 cm³/mol. The quantitative estimate of drug-likeness (QED) is 0.194. The van der Waals surface area contributed by atoms with Gasteiger partial charge in [-0.1, -0.05) is 56.5 Å². The van der Waals surface area contributed by atoms with Gasteiger partial charge in [0.1, 0.15) is 16.7 Å². The Morgan fingerprint density at radius 1 is 1.06 bits per heavy atom. The van der Waals surface area contributed by atoms with E-state index in [0.29, 0.717) is 29.9 Å². The lowest BCUT2D eigenvalue weighted by atomic mass is 9.66. The Morgan fingerprint density at radius 2 is 1.83 bits per heavy atom. The number of amides is 1. The summed E-state index contributed by atoms with van der Waals surface area (Å²) < 4.78 is 21.8. The van der Waals surface area contributed by atoms with Gasteiger partial charge in [-0.2, -0.15) is 0 Å². The molecule has 6 rings (SSSR count). The smallest absolute Gasteiger partial charge is 0.263 e. The zero-order chi connectivity index (χ0) is 37.2. The van der Waals surface area contributed by atoms with Crippen LogP contribution in [0.5, 0.6) is 5.75 Å². The predicted octanol–water partition coefficient (Wildman–Crippen LogP) is 7.46. The van der Waals surface area contributed by atoms with Crippen LogP contribution < -0.4 is 14.4 Å². The third-order valence-electron chi connectivity index (χ3n) is 11.7. The standard InChI is InChI=1S/C41H59ClN4O3S.CH4O/c1-5-7-10-32(25-44-19-21-45(22-20-44)36-11-8-12-36)38-16-13-33(38)26-46-27-34(37-17-15-35(42)23-30(37)9-6-2)28-49-40-18-14-31(24-39(40)46)41(47)43-50(48)29(3)4;1-2/h7,10,14-15,17-18,23-24,29,32-34,36,38H,5-6,8-9,11-13,16,19-22,25-28H2,1-4H3,(H,43,47);2H,1H3/b10-7+;. The number of rotatable bonds is 14. The first-order chi connectivity index (χ1) is 25.2. The van der Waals surface area contributed by atoms with E-state index in [9.17, 15) is 9.00 Å². The molecule has 0 bridgehead atoms. The number of nitrogens with one attached hydrogen (secondary N) is 1.